The van der Waals surface area contributed by atoms with Crippen LogP contribution in [0, 0.1) is 0 Å². The topological polar surface area (TPSA) is 48.4 Å². The second-order valence-corrected chi connectivity index (χ2v) is 5.82. The molecular formula is C17H15NO3S. The molecule has 3 rings (SSSR count). The van der Waals surface area contributed by atoms with E-state index in [-0.39, 0.29) is 5.78 Å². The Hall–Kier alpha value is -2.40. The minimum absolute atomic E-state index is 0.0471. The number of thiazole rings is 1. The number of carbonyl (C=O) groups excluding carboxylic acids is 1. The van der Waals surface area contributed by atoms with Gasteiger partial charge in [-0.2, -0.15) is 0 Å². The van der Waals surface area contributed by atoms with Crippen molar-refractivity contribution in [3.05, 3.63) is 53.0 Å². The number of hydrogen-bond donors (Lipinski definition) is 0. The van der Waals surface area contributed by atoms with Crippen LogP contribution in [0.1, 0.15) is 22.3 Å². The summed E-state index contributed by atoms with van der Waals surface area (Å²) in [5.74, 6) is 1.30. The van der Waals surface area contributed by atoms with Crippen LogP contribution in [0.25, 0.3) is 10.2 Å². The van der Waals surface area contributed by atoms with E-state index in [4.69, 9.17) is 9.47 Å². The molecule has 4 nitrogen and oxygen atoms in total. The number of ether oxygens (including phenoxy) is 2. The maximum atomic E-state index is 11.5. The van der Waals surface area contributed by atoms with Gasteiger partial charge < -0.3 is 9.47 Å². The fourth-order valence-electron chi connectivity index (χ4n) is 2.09. The van der Waals surface area contributed by atoms with E-state index >= 15 is 0 Å². The third-order valence-electron chi connectivity index (χ3n) is 3.20. The third-order valence-corrected chi connectivity index (χ3v) is 4.39. The third kappa shape index (κ3) is 2.94. The minimum Gasteiger partial charge on any atom is -0.497 e. The van der Waals surface area contributed by atoms with E-state index in [1.165, 1.54) is 18.3 Å². The number of benzene rings is 2. The number of rotatable bonds is 5. The summed E-state index contributed by atoms with van der Waals surface area (Å²) < 4.78 is 12.1. The van der Waals surface area contributed by atoms with Crippen molar-refractivity contribution >= 4 is 27.3 Å². The number of methoxy groups -OCH3 is 1. The molecule has 0 spiro atoms. The first-order valence-electron chi connectivity index (χ1n) is 6.83. The summed E-state index contributed by atoms with van der Waals surface area (Å²) in [7, 11) is 1.60. The highest BCUT2D eigenvalue weighted by Gasteiger charge is 2.14. The summed E-state index contributed by atoms with van der Waals surface area (Å²) in [6, 6.07) is 13.6. The van der Waals surface area contributed by atoms with Gasteiger partial charge in [-0.15, -0.1) is 11.3 Å². The lowest BCUT2D eigenvalue weighted by Gasteiger charge is -2.09. The van der Waals surface area contributed by atoms with E-state index in [1.54, 1.807) is 7.11 Å². The molecule has 3 aromatic rings. The fraction of sp³-hybridized carbons (Fsp3) is 0.176. The molecule has 22 heavy (non-hydrogen) atoms. The number of aromatic nitrogens is 1. The predicted octanol–water partition coefficient (Wildman–Crippen LogP) is 4.09. The molecule has 0 aliphatic heterocycles. The van der Waals surface area contributed by atoms with Gasteiger partial charge >= 0.3 is 0 Å². The van der Waals surface area contributed by atoms with Gasteiger partial charge in [0.05, 0.1) is 17.3 Å². The average molecular weight is 313 g/mol. The van der Waals surface area contributed by atoms with Gasteiger partial charge in [0.25, 0.3) is 0 Å². The molecular weight excluding hydrogens is 298 g/mol. The van der Waals surface area contributed by atoms with Gasteiger partial charge in [0.2, 0.25) is 0 Å². The molecule has 0 saturated heterocycles. The largest absolute Gasteiger partial charge is 0.497 e. The first-order valence-corrected chi connectivity index (χ1v) is 7.65. The summed E-state index contributed by atoms with van der Waals surface area (Å²) in [6.45, 7) is 1.97. The van der Waals surface area contributed by atoms with Crippen molar-refractivity contribution in [2.45, 2.75) is 13.5 Å². The molecule has 5 heteroatoms. The van der Waals surface area contributed by atoms with Gasteiger partial charge in [-0.05, 0) is 5.56 Å². The van der Waals surface area contributed by atoms with Gasteiger partial charge in [-0.1, -0.05) is 30.3 Å². The summed E-state index contributed by atoms with van der Waals surface area (Å²) in [5, 5.41) is 0.479. The molecule has 0 N–H and O–H groups in total. The average Bonchev–Trinajstić information content (AvgIpc) is 2.97. The molecule has 0 amide bonds. The zero-order chi connectivity index (χ0) is 15.5. The normalized spacial score (nSPS) is 10.6. The number of ketones is 1. The van der Waals surface area contributed by atoms with Crippen LogP contribution in [-0.4, -0.2) is 17.9 Å². The van der Waals surface area contributed by atoms with Gasteiger partial charge in [-0.25, -0.2) is 4.98 Å². The first kappa shape index (κ1) is 14.5. The molecule has 112 valence electrons. The van der Waals surface area contributed by atoms with E-state index in [0.717, 1.165) is 15.8 Å². The Morgan fingerprint density at radius 2 is 2.00 bits per heavy atom. The number of fused-ring (bicyclic) bond motifs is 1. The minimum atomic E-state index is -0.0471. The SMILES string of the molecule is COc1cc(OCc2ccccc2)c2sc(C(C)=O)nc2c1. The predicted molar refractivity (Wildman–Crippen MR) is 87.0 cm³/mol. The Labute approximate surface area is 132 Å². The number of Topliss-reactive ketones (excluding diaryl/α,β-unsaturated/α-hetero) is 1. The standard InChI is InChI=1S/C17H15NO3S/c1-11(19)17-18-14-8-13(20-2)9-15(16(14)22-17)21-10-12-6-4-3-5-7-12/h3-9H,10H2,1-2H3. The Morgan fingerprint density at radius 3 is 2.68 bits per heavy atom. The lowest BCUT2D eigenvalue weighted by atomic mass is 10.2. The molecule has 1 heterocycles. The number of nitrogens with zero attached hydrogens (tertiary/aromatic N) is 1. The second kappa shape index (κ2) is 6.15. The van der Waals surface area contributed by atoms with Crippen LogP contribution in [0.5, 0.6) is 11.5 Å². The molecule has 0 bridgehead atoms. The van der Waals surface area contributed by atoms with Crippen LogP contribution < -0.4 is 9.47 Å². The molecule has 0 aliphatic rings. The molecule has 0 radical (unpaired) electrons. The van der Waals surface area contributed by atoms with E-state index in [9.17, 15) is 4.79 Å². The highest BCUT2D eigenvalue weighted by Crippen LogP contribution is 2.36. The Balaban J connectivity index is 1.97. The van der Waals surface area contributed by atoms with Crippen LogP contribution in [0.2, 0.25) is 0 Å². The number of carbonyl (C=O) groups is 1. The first-order chi connectivity index (χ1) is 10.7. The van der Waals surface area contributed by atoms with Crippen LogP contribution in [0.4, 0.5) is 0 Å². The zero-order valence-electron chi connectivity index (χ0n) is 12.3. The summed E-state index contributed by atoms with van der Waals surface area (Å²) in [5.41, 5.74) is 1.80. The summed E-state index contributed by atoms with van der Waals surface area (Å²) >= 11 is 1.35. The Bertz CT molecular complexity index is 811. The van der Waals surface area contributed by atoms with Crippen LogP contribution in [0.3, 0.4) is 0 Å². The van der Waals surface area contributed by atoms with Crippen molar-refractivity contribution in [1.29, 1.82) is 0 Å². The van der Waals surface area contributed by atoms with Crippen molar-refractivity contribution in [1.82, 2.24) is 4.98 Å². The second-order valence-electron chi connectivity index (χ2n) is 4.82. The fourth-order valence-corrected chi connectivity index (χ4v) is 3.00. The van der Waals surface area contributed by atoms with E-state index < -0.39 is 0 Å². The van der Waals surface area contributed by atoms with Crippen molar-refractivity contribution in [2.75, 3.05) is 7.11 Å². The maximum absolute atomic E-state index is 11.5. The Kier molecular flexibility index (Phi) is 4.06. The molecule has 0 fully saturated rings. The lowest BCUT2D eigenvalue weighted by Crippen LogP contribution is -1.95. The highest BCUT2D eigenvalue weighted by atomic mass is 32.1. The van der Waals surface area contributed by atoms with Gasteiger partial charge in [0.15, 0.2) is 10.8 Å². The zero-order valence-corrected chi connectivity index (χ0v) is 13.1. The molecule has 1 aromatic heterocycles. The van der Waals surface area contributed by atoms with Gasteiger partial charge in [-0.3, -0.25) is 4.79 Å². The van der Waals surface area contributed by atoms with Crippen LogP contribution >= 0.6 is 11.3 Å². The summed E-state index contributed by atoms with van der Waals surface area (Å²) in [6.07, 6.45) is 0. The van der Waals surface area contributed by atoms with Crippen molar-refractivity contribution < 1.29 is 14.3 Å². The van der Waals surface area contributed by atoms with E-state index in [0.29, 0.717) is 23.1 Å². The monoisotopic (exact) mass is 313 g/mol. The highest BCUT2D eigenvalue weighted by molar-refractivity contribution is 7.20. The van der Waals surface area contributed by atoms with E-state index in [1.807, 2.05) is 42.5 Å². The smallest absolute Gasteiger partial charge is 0.188 e. The van der Waals surface area contributed by atoms with Crippen molar-refractivity contribution in [2.24, 2.45) is 0 Å². The molecule has 0 aliphatic carbocycles. The lowest BCUT2D eigenvalue weighted by molar-refractivity contribution is 0.101. The summed E-state index contributed by atoms with van der Waals surface area (Å²) in [4.78, 5) is 15.9. The quantitative estimate of drug-likeness (QED) is 0.666. The van der Waals surface area contributed by atoms with Crippen LogP contribution in [-0.2, 0) is 6.61 Å². The van der Waals surface area contributed by atoms with Crippen molar-refractivity contribution in [3.63, 3.8) is 0 Å². The molecule has 0 unspecified atom stereocenters. The Morgan fingerprint density at radius 1 is 1.23 bits per heavy atom. The van der Waals surface area contributed by atoms with Crippen LogP contribution in [0.15, 0.2) is 42.5 Å². The van der Waals surface area contributed by atoms with Gasteiger partial charge in [0.1, 0.15) is 18.1 Å². The maximum Gasteiger partial charge on any atom is 0.188 e. The van der Waals surface area contributed by atoms with E-state index in [2.05, 4.69) is 4.98 Å². The molecule has 0 atom stereocenters. The number of hydrogen-bond acceptors (Lipinski definition) is 5. The molecule has 2 aromatic carbocycles. The van der Waals surface area contributed by atoms with Crippen molar-refractivity contribution in [3.8, 4) is 11.5 Å². The molecule has 0 saturated carbocycles. The van der Waals surface area contributed by atoms with Gasteiger partial charge in [0, 0.05) is 19.1 Å².